The van der Waals surface area contributed by atoms with E-state index >= 15 is 0 Å². The molecular formula is C54H108O2. The second kappa shape index (κ2) is 50.6. The van der Waals surface area contributed by atoms with Gasteiger partial charge in [0, 0.05) is 6.42 Å². The molecule has 0 aliphatic heterocycles. The highest BCUT2D eigenvalue weighted by atomic mass is 16.5. The van der Waals surface area contributed by atoms with Crippen molar-refractivity contribution in [2.75, 3.05) is 0 Å². The van der Waals surface area contributed by atoms with Gasteiger partial charge in [-0.15, -0.1) is 0 Å². The molecule has 0 aromatic heterocycles. The Hall–Kier alpha value is -0.530. The van der Waals surface area contributed by atoms with Crippen molar-refractivity contribution >= 4 is 5.97 Å². The van der Waals surface area contributed by atoms with Crippen molar-refractivity contribution in [2.24, 2.45) is 0 Å². The van der Waals surface area contributed by atoms with Gasteiger partial charge >= 0.3 is 5.97 Å². The minimum absolute atomic E-state index is 0.0853. The second-order valence-electron chi connectivity index (χ2n) is 18.6. The molecule has 0 rings (SSSR count). The number of unbranched alkanes of at least 4 members (excludes halogenated alkanes) is 43. The summed E-state index contributed by atoms with van der Waals surface area (Å²) in [5, 5.41) is 0. The van der Waals surface area contributed by atoms with Crippen LogP contribution in [0.5, 0.6) is 0 Å². The minimum atomic E-state index is 0.0853. The summed E-state index contributed by atoms with van der Waals surface area (Å²) in [7, 11) is 0. The summed E-state index contributed by atoms with van der Waals surface area (Å²) in [6, 6.07) is 0. The largest absolute Gasteiger partial charge is 0.462 e. The van der Waals surface area contributed by atoms with Crippen molar-refractivity contribution in [1.82, 2.24) is 0 Å². The third-order valence-electron chi connectivity index (χ3n) is 12.8. The standard InChI is InChI=1S/C54H108O2/c1-4-7-10-13-16-19-22-25-28-31-33-36-39-42-45-48-51-53(50-47-44-41-38-35-32-29-26-23-20-17-14-11-8-5-2)56-54(55)52-49-46-43-40-37-34-30-27-24-21-18-15-12-9-6-3/h53H,4-52H2,1-3H3. The lowest BCUT2D eigenvalue weighted by atomic mass is 10.0. The van der Waals surface area contributed by atoms with Crippen molar-refractivity contribution in [1.29, 1.82) is 0 Å². The molecule has 0 saturated carbocycles. The van der Waals surface area contributed by atoms with Crippen LogP contribution in [0.15, 0.2) is 0 Å². The lowest BCUT2D eigenvalue weighted by Gasteiger charge is -2.18. The first-order chi connectivity index (χ1) is 27.7. The van der Waals surface area contributed by atoms with Crippen LogP contribution in [0.25, 0.3) is 0 Å². The number of hydrogen-bond donors (Lipinski definition) is 0. The molecule has 0 bridgehead atoms. The Labute approximate surface area is 355 Å². The van der Waals surface area contributed by atoms with Crippen LogP contribution in [0.1, 0.15) is 335 Å². The molecule has 0 N–H and O–H groups in total. The molecule has 0 aliphatic carbocycles. The van der Waals surface area contributed by atoms with E-state index in [-0.39, 0.29) is 12.1 Å². The molecule has 0 saturated heterocycles. The van der Waals surface area contributed by atoms with Gasteiger partial charge in [-0.25, -0.2) is 0 Å². The number of hydrogen-bond acceptors (Lipinski definition) is 2. The minimum Gasteiger partial charge on any atom is -0.462 e. The molecule has 336 valence electrons. The Balaban J connectivity index is 4.07. The number of carbonyl (C=O) groups is 1. The molecule has 0 aromatic rings. The first-order valence-electron chi connectivity index (χ1n) is 26.9. The molecule has 0 fully saturated rings. The van der Waals surface area contributed by atoms with E-state index in [1.165, 1.54) is 289 Å². The molecule has 1 atom stereocenters. The predicted octanol–water partition coefficient (Wildman–Crippen LogP) is 20.1. The Morgan fingerprint density at radius 1 is 0.268 bits per heavy atom. The number of ether oxygens (including phenoxy) is 1. The second-order valence-corrected chi connectivity index (χ2v) is 18.6. The molecule has 0 aliphatic rings. The van der Waals surface area contributed by atoms with Gasteiger partial charge in [0.25, 0.3) is 0 Å². The van der Waals surface area contributed by atoms with Gasteiger partial charge in [-0.3, -0.25) is 4.79 Å². The van der Waals surface area contributed by atoms with Crippen LogP contribution in [0, 0.1) is 0 Å². The molecule has 0 radical (unpaired) electrons. The van der Waals surface area contributed by atoms with E-state index in [4.69, 9.17) is 4.74 Å². The fourth-order valence-corrected chi connectivity index (χ4v) is 8.81. The molecule has 56 heavy (non-hydrogen) atoms. The van der Waals surface area contributed by atoms with Crippen molar-refractivity contribution in [3.05, 3.63) is 0 Å². The van der Waals surface area contributed by atoms with Gasteiger partial charge in [0.15, 0.2) is 0 Å². The van der Waals surface area contributed by atoms with Crippen LogP contribution in [0.3, 0.4) is 0 Å². The third kappa shape index (κ3) is 47.8. The van der Waals surface area contributed by atoms with E-state index in [1.807, 2.05) is 0 Å². The van der Waals surface area contributed by atoms with Gasteiger partial charge in [0.05, 0.1) is 0 Å². The fraction of sp³-hybridized carbons (Fsp3) is 0.981. The van der Waals surface area contributed by atoms with E-state index in [1.54, 1.807) is 0 Å². The van der Waals surface area contributed by atoms with Crippen LogP contribution in [0.2, 0.25) is 0 Å². The summed E-state index contributed by atoms with van der Waals surface area (Å²) < 4.78 is 6.17. The lowest BCUT2D eigenvalue weighted by molar-refractivity contribution is -0.150. The predicted molar refractivity (Wildman–Crippen MR) is 253 cm³/mol. The van der Waals surface area contributed by atoms with Crippen molar-refractivity contribution in [3.63, 3.8) is 0 Å². The first-order valence-corrected chi connectivity index (χ1v) is 26.9. The average Bonchev–Trinajstić information content (AvgIpc) is 3.20. The van der Waals surface area contributed by atoms with Gasteiger partial charge in [-0.1, -0.05) is 297 Å². The maximum atomic E-state index is 12.9. The van der Waals surface area contributed by atoms with E-state index in [9.17, 15) is 4.79 Å². The zero-order valence-electron chi connectivity index (χ0n) is 39.5. The lowest BCUT2D eigenvalue weighted by Crippen LogP contribution is -2.18. The maximum Gasteiger partial charge on any atom is 0.306 e. The molecular weight excluding hydrogens is 681 g/mol. The highest BCUT2D eigenvalue weighted by molar-refractivity contribution is 5.69. The number of esters is 1. The summed E-state index contributed by atoms with van der Waals surface area (Å²) in [5.41, 5.74) is 0. The van der Waals surface area contributed by atoms with Crippen LogP contribution in [-0.2, 0) is 9.53 Å². The Bertz CT molecular complexity index is 703. The highest BCUT2D eigenvalue weighted by Gasteiger charge is 2.14. The van der Waals surface area contributed by atoms with Gasteiger partial charge in [0.1, 0.15) is 6.10 Å². The third-order valence-corrected chi connectivity index (χ3v) is 12.8. The highest BCUT2D eigenvalue weighted by Crippen LogP contribution is 2.20. The van der Waals surface area contributed by atoms with E-state index in [0.717, 1.165) is 19.3 Å². The molecule has 0 aromatic carbocycles. The van der Waals surface area contributed by atoms with Crippen LogP contribution >= 0.6 is 0 Å². The van der Waals surface area contributed by atoms with Gasteiger partial charge in [-0.2, -0.15) is 0 Å². The Morgan fingerprint density at radius 2 is 0.446 bits per heavy atom. The molecule has 0 heterocycles. The van der Waals surface area contributed by atoms with Crippen molar-refractivity contribution in [2.45, 2.75) is 341 Å². The molecule has 0 amide bonds. The fourth-order valence-electron chi connectivity index (χ4n) is 8.81. The summed E-state index contributed by atoms with van der Waals surface area (Å²) >= 11 is 0. The summed E-state index contributed by atoms with van der Waals surface area (Å²) in [4.78, 5) is 12.9. The van der Waals surface area contributed by atoms with Gasteiger partial charge in [-0.05, 0) is 32.1 Å². The first kappa shape index (κ1) is 55.5. The topological polar surface area (TPSA) is 26.3 Å². The number of carbonyl (C=O) groups excluding carboxylic acids is 1. The van der Waals surface area contributed by atoms with Crippen LogP contribution in [0.4, 0.5) is 0 Å². The zero-order valence-corrected chi connectivity index (χ0v) is 39.5. The maximum absolute atomic E-state index is 12.9. The van der Waals surface area contributed by atoms with Crippen LogP contribution < -0.4 is 0 Å². The average molecular weight is 789 g/mol. The van der Waals surface area contributed by atoms with Crippen LogP contribution in [-0.4, -0.2) is 12.1 Å². The van der Waals surface area contributed by atoms with Gasteiger partial charge in [0.2, 0.25) is 0 Å². The summed E-state index contributed by atoms with van der Waals surface area (Å²) in [5.74, 6) is 0.0853. The quantitative estimate of drug-likeness (QED) is 0.0453. The van der Waals surface area contributed by atoms with Gasteiger partial charge < -0.3 is 4.74 Å². The van der Waals surface area contributed by atoms with Crippen molar-refractivity contribution in [3.8, 4) is 0 Å². The number of rotatable bonds is 50. The Morgan fingerprint density at radius 3 is 0.661 bits per heavy atom. The normalized spacial score (nSPS) is 12.1. The molecule has 2 nitrogen and oxygen atoms in total. The SMILES string of the molecule is CCCCCCCCCCCCCCCCCCC(CCCCCCCCCCCCCCCCC)OC(=O)CCCCCCCCCCCCCCCCC. The molecule has 2 heteroatoms. The smallest absolute Gasteiger partial charge is 0.306 e. The summed E-state index contributed by atoms with van der Waals surface area (Å²) in [6.45, 7) is 6.91. The van der Waals surface area contributed by atoms with E-state index < -0.39 is 0 Å². The molecule has 0 spiro atoms. The summed E-state index contributed by atoms with van der Waals surface area (Å²) in [6.07, 6.45) is 66.9. The van der Waals surface area contributed by atoms with Crippen molar-refractivity contribution < 1.29 is 9.53 Å². The zero-order chi connectivity index (χ0) is 40.5. The van der Waals surface area contributed by atoms with E-state index in [0.29, 0.717) is 6.42 Å². The monoisotopic (exact) mass is 789 g/mol. The Kier molecular flexibility index (Phi) is 50.1. The molecule has 1 unspecified atom stereocenters. The van der Waals surface area contributed by atoms with E-state index in [2.05, 4.69) is 20.8 Å².